The Kier molecular flexibility index (Phi) is 5.87. The molecule has 1 heterocycles. The molecule has 0 spiro atoms. The van der Waals surface area contributed by atoms with E-state index in [1.54, 1.807) is 25.3 Å². The van der Waals surface area contributed by atoms with Crippen molar-refractivity contribution in [1.82, 2.24) is 10.2 Å². The third kappa shape index (κ3) is 4.36. The van der Waals surface area contributed by atoms with Gasteiger partial charge in [0.2, 0.25) is 0 Å². The Bertz CT molecular complexity index is 471. The van der Waals surface area contributed by atoms with E-state index in [4.69, 9.17) is 10.5 Å². The van der Waals surface area contributed by atoms with Gasteiger partial charge in [-0.3, -0.25) is 4.79 Å². The smallest absolute Gasteiger partial charge is 0.253 e. The Labute approximate surface area is 126 Å². The number of benzene rings is 1. The number of amides is 1. The number of anilines is 1. The molecule has 1 fully saturated rings. The van der Waals surface area contributed by atoms with Crippen LogP contribution in [-0.2, 0) is 0 Å². The van der Waals surface area contributed by atoms with Gasteiger partial charge in [-0.05, 0) is 51.0 Å². The van der Waals surface area contributed by atoms with Gasteiger partial charge in [-0.25, -0.2) is 0 Å². The summed E-state index contributed by atoms with van der Waals surface area (Å²) in [5, 5.41) is 2.93. The van der Waals surface area contributed by atoms with E-state index in [0.717, 1.165) is 13.0 Å². The summed E-state index contributed by atoms with van der Waals surface area (Å²) in [5.41, 5.74) is 6.80. The number of carbonyl (C=O) groups excluding carboxylic acids is 1. The first-order valence-electron chi connectivity index (χ1n) is 7.65. The number of nitrogens with two attached hydrogens (primary N) is 1. The largest absolute Gasteiger partial charge is 0.495 e. The maximum Gasteiger partial charge on any atom is 0.253 e. The van der Waals surface area contributed by atoms with Gasteiger partial charge in [-0.1, -0.05) is 12.5 Å². The van der Waals surface area contributed by atoms with E-state index in [9.17, 15) is 4.79 Å². The number of hydrogen-bond acceptors (Lipinski definition) is 4. The van der Waals surface area contributed by atoms with Crippen molar-refractivity contribution in [2.75, 3.05) is 39.0 Å². The number of likely N-dealkylation sites (tertiary alicyclic amines) is 1. The van der Waals surface area contributed by atoms with Gasteiger partial charge in [0.05, 0.1) is 18.4 Å². The van der Waals surface area contributed by atoms with Crippen LogP contribution in [0.5, 0.6) is 5.75 Å². The molecule has 3 N–H and O–H groups in total. The minimum absolute atomic E-state index is 0.134. The van der Waals surface area contributed by atoms with Gasteiger partial charge in [0, 0.05) is 6.54 Å². The molecule has 1 aromatic carbocycles. The highest BCUT2D eigenvalue weighted by atomic mass is 16.5. The molecule has 116 valence electrons. The van der Waals surface area contributed by atoms with Crippen LogP contribution in [0.4, 0.5) is 5.69 Å². The van der Waals surface area contributed by atoms with Crippen molar-refractivity contribution in [3.8, 4) is 5.75 Å². The quantitative estimate of drug-likeness (QED) is 0.620. The number of nitrogen functional groups attached to an aromatic ring is 1. The lowest BCUT2D eigenvalue weighted by atomic mass is 10.1. The average Bonchev–Trinajstić information content (AvgIpc) is 2.52. The van der Waals surface area contributed by atoms with Crippen LogP contribution in [0.2, 0.25) is 0 Å². The average molecular weight is 291 g/mol. The summed E-state index contributed by atoms with van der Waals surface area (Å²) in [6, 6.07) is 5.25. The third-order valence-corrected chi connectivity index (χ3v) is 3.92. The molecule has 1 aromatic rings. The molecule has 0 radical (unpaired) electrons. The molecule has 0 aromatic heterocycles. The summed E-state index contributed by atoms with van der Waals surface area (Å²) in [5.74, 6) is 0.404. The zero-order valence-electron chi connectivity index (χ0n) is 12.7. The van der Waals surface area contributed by atoms with E-state index in [1.807, 2.05) is 0 Å². The highest BCUT2D eigenvalue weighted by molar-refractivity contribution is 6.00. The topological polar surface area (TPSA) is 67.6 Å². The summed E-state index contributed by atoms with van der Waals surface area (Å²) in [6.45, 7) is 4.10. The first kappa shape index (κ1) is 15.6. The highest BCUT2D eigenvalue weighted by Crippen LogP contribution is 2.24. The van der Waals surface area contributed by atoms with Crippen molar-refractivity contribution >= 4 is 11.6 Å². The molecular formula is C16H25N3O2. The van der Waals surface area contributed by atoms with Crippen LogP contribution in [-0.4, -0.2) is 44.1 Å². The van der Waals surface area contributed by atoms with E-state index in [0.29, 0.717) is 23.5 Å². The Hall–Kier alpha value is -1.75. The van der Waals surface area contributed by atoms with Crippen LogP contribution in [0.15, 0.2) is 18.2 Å². The van der Waals surface area contributed by atoms with Crippen molar-refractivity contribution in [2.24, 2.45) is 0 Å². The van der Waals surface area contributed by atoms with E-state index in [1.165, 1.54) is 32.4 Å². The second-order valence-corrected chi connectivity index (χ2v) is 5.43. The van der Waals surface area contributed by atoms with Gasteiger partial charge in [-0.15, -0.1) is 0 Å². The summed E-state index contributed by atoms with van der Waals surface area (Å²) < 4.78 is 5.13. The Balaban J connectivity index is 1.76. The lowest BCUT2D eigenvalue weighted by Crippen LogP contribution is -2.33. The van der Waals surface area contributed by atoms with Crippen molar-refractivity contribution in [1.29, 1.82) is 0 Å². The highest BCUT2D eigenvalue weighted by Gasteiger charge is 2.13. The van der Waals surface area contributed by atoms with Crippen LogP contribution in [0.1, 0.15) is 36.0 Å². The third-order valence-electron chi connectivity index (χ3n) is 3.92. The molecule has 0 unspecified atom stereocenters. The molecule has 5 nitrogen and oxygen atoms in total. The number of para-hydroxylation sites is 1. The minimum Gasteiger partial charge on any atom is -0.495 e. The number of rotatable bonds is 6. The first-order valence-corrected chi connectivity index (χ1v) is 7.65. The van der Waals surface area contributed by atoms with Crippen LogP contribution in [0, 0.1) is 0 Å². The monoisotopic (exact) mass is 291 g/mol. The number of nitrogens with one attached hydrogen (secondary N) is 1. The summed E-state index contributed by atoms with van der Waals surface area (Å²) in [7, 11) is 1.55. The second-order valence-electron chi connectivity index (χ2n) is 5.43. The molecule has 1 aliphatic rings. The number of methoxy groups -OCH3 is 1. The lowest BCUT2D eigenvalue weighted by Gasteiger charge is -2.26. The summed E-state index contributed by atoms with van der Waals surface area (Å²) >= 11 is 0. The van der Waals surface area contributed by atoms with Gasteiger partial charge < -0.3 is 20.7 Å². The van der Waals surface area contributed by atoms with Gasteiger partial charge in [0.25, 0.3) is 5.91 Å². The Morgan fingerprint density at radius 2 is 2.10 bits per heavy atom. The fraction of sp³-hybridized carbons (Fsp3) is 0.562. The van der Waals surface area contributed by atoms with Gasteiger partial charge in [0.15, 0.2) is 0 Å². The minimum atomic E-state index is -0.134. The number of ether oxygens (including phenoxy) is 1. The maximum atomic E-state index is 12.1. The first-order chi connectivity index (χ1) is 10.2. The lowest BCUT2D eigenvalue weighted by molar-refractivity contribution is 0.0951. The summed E-state index contributed by atoms with van der Waals surface area (Å²) in [6.07, 6.45) is 4.91. The van der Waals surface area contributed by atoms with Crippen LogP contribution >= 0.6 is 0 Å². The molecule has 1 amide bonds. The SMILES string of the molecule is COc1cccc(C(=O)NCCCN2CCCCC2)c1N. The zero-order chi connectivity index (χ0) is 15.1. The molecule has 0 atom stereocenters. The fourth-order valence-corrected chi connectivity index (χ4v) is 2.70. The van der Waals surface area contributed by atoms with Crippen LogP contribution in [0.25, 0.3) is 0 Å². The Morgan fingerprint density at radius 1 is 1.33 bits per heavy atom. The molecule has 0 bridgehead atoms. The molecule has 0 saturated carbocycles. The predicted molar refractivity (Wildman–Crippen MR) is 84.6 cm³/mol. The molecule has 1 aliphatic heterocycles. The van der Waals surface area contributed by atoms with E-state index < -0.39 is 0 Å². The van der Waals surface area contributed by atoms with Gasteiger partial charge in [-0.2, -0.15) is 0 Å². The summed E-state index contributed by atoms with van der Waals surface area (Å²) in [4.78, 5) is 14.6. The van der Waals surface area contributed by atoms with E-state index in [-0.39, 0.29) is 5.91 Å². The van der Waals surface area contributed by atoms with Gasteiger partial charge >= 0.3 is 0 Å². The predicted octanol–water partition coefficient (Wildman–Crippen LogP) is 1.88. The van der Waals surface area contributed by atoms with Crippen molar-refractivity contribution in [2.45, 2.75) is 25.7 Å². The van der Waals surface area contributed by atoms with Crippen LogP contribution in [0.3, 0.4) is 0 Å². The number of hydrogen-bond donors (Lipinski definition) is 2. The normalized spacial score (nSPS) is 15.7. The van der Waals surface area contributed by atoms with E-state index >= 15 is 0 Å². The van der Waals surface area contributed by atoms with Gasteiger partial charge in [0.1, 0.15) is 5.75 Å². The molecule has 5 heteroatoms. The number of nitrogens with zero attached hydrogens (tertiary/aromatic N) is 1. The number of carbonyl (C=O) groups is 1. The molecule has 0 aliphatic carbocycles. The Morgan fingerprint density at radius 3 is 2.81 bits per heavy atom. The van der Waals surface area contributed by atoms with Crippen molar-refractivity contribution in [3.05, 3.63) is 23.8 Å². The standard InChI is InChI=1S/C16H25N3O2/c1-21-14-8-5-7-13(15(14)17)16(20)18-9-6-12-19-10-3-2-4-11-19/h5,7-8H,2-4,6,9-12,17H2,1H3,(H,18,20). The molecule has 2 rings (SSSR count). The van der Waals surface area contributed by atoms with Crippen molar-refractivity contribution in [3.63, 3.8) is 0 Å². The molecule has 1 saturated heterocycles. The number of piperidine rings is 1. The second kappa shape index (κ2) is 7.88. The van der Waals surface area contributed by atoms with E-state index in [2.05, 4.69) is 10.2 Å². The molecule has 21 heavy (non-hydrogen) atoms. The van der Waals surface area contributed by atoms with Crippen LogP contribution < -0.4 is 15.8 Å². The fourth-order valence-electron chi connectivity index (χ4n) is 2.70. The molecular weight excluding hydrogens is 266 g/mol. The maximum absolute atomic E-state index is 12.1. The van der Waals surface area contributed by atoms with Crippen molar-refractivity contribution < 1.29 is 9.53 Å². The zero-order valence-corrected chi connectivity index (χ0v) is 12.7.